The number of nitrogens with two attached hydrogens (primary N) is 1. The molecule has 0 aromatic heterocycles. The molecule has 3 N–H and O–H groups in total. The van der Waals surface area contributed by atoms with Gasteiger partial charge in [-0.25, -0.2) is 0 Å². The maximum Gasteiger partial charge on any atom is 0.244 e. The minimum absolute atomic E-state index is 0.0305. The number of methoxy groups -OCH3 is 1. The zero-order chi connectivity index (χ0) is 19.0. The number of nitrogens with zero attached hydrogens (tertiary/aromatic N) is 1. The lowest BCUT2D eigenvalue weighted by molar-refractivity contribution is -0.118. The smallest absolute Gasteiger partial charge is 0.244 e. The molecule has 1 aliphatic carbocycles. The van der Waals surface area contributed by atoms with Crippen LogP contribution in [-0.2, 0) is 22.4 Å². The lowest BCUT2D eigenvalue weighted by atomic mass is 10.1. The Hall–Kier alpha value is -2.86. The SMILES string of the molecule is COc1cccc(CC(=O)N2CCc3ccc(NC(=O)C4(N)CC4)cc32)c1. The number of fused-ring (bicyclic) bond motifs is 1. The van der Waals surface area contributed by atoms with Crippen LogP contribution in [0.4, 0.5) is 11.4 Å². The largest absolute Gasteiger partial charge is 0.497 e. The van der Waals surface area contributed by atoms with Crippen molar-refractivity contribution in [2.45, 2.75) is 31.2 Å². The molecule has 0 bridgehead atoms. The van der Waals surface area contributed by atoms with Crippen molar-refractivity contribution in [2.75, 3.05) is 23.9 Å². The Kier molecular flexibility index (Phi) is 4.36. The topological polar surface area (TPSA) is 84.7 Å². The van der Waals surface area contributed by atoms with Crippen molar-refractivity contribution in [1.29, 1.82) is 0 Å². The fourth-order valence-corrected chi connectivity index (χ4v) is 3.39. The number of carbonyl (C=O) groups is 2. The van der Waals surface area contributed by atoms with Crippen LogP contribution in [0.3, 0.4) is 0 Å². The Bertz CT molecular complexity index is 905. The molecule has 6 nitrogen and oxygen atoms in total. The third-order valence-electron chi connectivity index (χ3n) is 5.27. The zero-order valence-electron chi connectivity index (χ0n) is 15.3. The van der Waals surface area contributed by atoms with Crippen molar-refractivity contribution in [1.82, 2.24) is 0 Å². The van der Waals surface area contributed by atoms with E-state index < -0.39 is 5.54 Å². The summed E-state index contributed by atoms with van der Waals surface area (Å²) in [5.41, 5.74) is 8.79. The second kappa shape index (κ2) is 6.70. The van der Waals surface area contributed by atoms with Crippen molar-refractivity contribution in [3.63, 3.8) is 0 Å². The van der Waals surface area contributed by atoms with Crippen molar-refractivity contribution >= 4 is 23.2 Å². The summed E-state index contributed by atoms with van der Waals surface area (Å²) in [4.78, 5) is 26.8. The molecule has 0 atom stereocenters. The van der Waals surface area contributed by atoms with Crippen LogP contribution in [0.5, 0.6) is 5.75 Å². The van der Waals surface area contributed by atoms with Gasteiger partial charge in [0.25, 0.3) is 0 Å². The Labute approximate surface area is 158 Å². The van der Waals surface area contributed by atoms with Crippen LogP contribution in [0.25, 0.3) is 0 Å². The molecule has 2 amide bonds. The summed E-state index contributed by atoms with van der Waals surface area (Å²) < 4.78 is 5.23. The van der Waals surface area contributed by atoms with Gasteiger partial charge in [0.05, 0.1) is 19.1 Å². The third kappa shape index (κ3) is 3.53. The number of benzene rings is 2. The van der Waals surface area contributed by atoms with Gasteiger partial charge in [0.1, 0.15) is 5.75 Å². The normalized spacial score (nSPS) is 16.6. The lowest BCUT2D eigenvalue weighted by Gasteiger charge is -2.19. The zero-order valence-corrected chi connectivity index (χ0v) is 15.3. The molecule has 2 aromatic rings. The minimum Gasteiger partial charge on any atom is -0.497 e. The Balaban J connectivity index is 1.50. The molecule has 6 heteroatoms. The molecule has 1 fully saturated rings. The van der Waals surface area contributed by atoms with Crippen molar-refractivity contribution < 1.29 is 14.3 Å². The van der Waals surface area contributed by atoms with Crippen LogP contribution >= 0.6 is 0 Å². The van der Waals surface area contributed by atoms with Gasteiger partial charge in [0.15, 0.2) is 0 Å². The number of hydrogen-bond acceptors (Lipinski definition) is 4. The Morgan fingerprint density at radius 2 is 2.04 bits per heavy atom. The van der Waals surface area contributed by atoms with Crippen LogP contribution in [-0.4, -0.2) is 31.0 Å². The number of hydrogen-bond donors (Lipinski definition) is 2. The monoisotopic (exact) mass is 365 g/mol. The number of ether oxygens (including phenoxy) is 1. The van der Waals surface area contributed by atoms with Crippen molar-refractivity contribution in [3.8, 4) is 5.75 Å². The number of carbonyl (C=O) groups excluding carboxylic acids is 2. The Morgan fingerprint density at radius 3 is 2.78 bits per heavy atom. The van der Waals surface area contributed by atoms with E-state index in [2.05, 4.69) is 5.32 Å². The average molecular weight is 365 g/mol. The molecule has 0 saturated heterocycles. The molecule has 0 unspecified atom stereocenters. The fourth-order valence-electron chi connectivity index (χ4n) is 3.39. The van der Waals surface area contributed by atoms with Gasteiger partial charge in [-0.3, -0.25) is 9.59 Å². The van der Waals surface area contributed by atoms with Crippen LogP contribution in [0, 0.1) is 0 Å². The first-order valence-corrected chi connectivity index (χ1v) is 9.15. The molecule has 1 saturated carbocycles. The van der Waals surface area contributed by atoms with Gasteiger partial charge in [-0.1, -0.05) is 18.2 Å². The van der Waals surface area contributed by atoms with Crippen LogP contribution in [0.1, 0.15) is 24.0 Å². The van der Waals surface area contributed by atoms with Gasteiger partial charge in [-0.15, -0.1) is 0 Å². The first-order valence-electron chi connectivity index (χ1n) is 9.15. The van der Waals surface area contributed by atoms with E-state index in [1.54, 1.807) is 12.0 Å². The Morgan fingerprint density at radius 1 is 1.22 bits per heavy atom. The molecule has 1 heterocycles. The predicted molar refractivity (Wildman–Crippen MR) is 104 cm³/mol. The molecule has 1 aliphatic heterocycles. The standard InChI is InChI=1S/C21H23N3O3/c1-27-17-4-2-3-14(11-17)12-19(25)24-10-7-15-5-6-16(13-18(15)24)23-20(26)21(22)8-9-21/h2-6,11,13H,7-10,12,22H2,1H3,(H,23,26). The maximum absolute atomic E-state index is 12.9. The average Bonchev–Trinajstić information content (AvgIpc) is 3.28. The van der Waals surface area contributed by atoms with E-state index in [1.807, 2.05) is 42.5 Å². The molecule has 0 spiro atoms. The van der Waals surface area contributed by atoms with E-state index in [0.717, 1.165) is 41.8 Å². The van der Waals surface area contributed by atoms with Crippen LogP contribution < -0.4 is 20.7 Å². The van der Waals surface area contributed by atoms with Gasteiger partial charge < -0.3 is 20.7 Å². The lowest BCUT2D eigenvalue weighted by Crippen LogP contribution is -2.37. The van der Waals surface area contributed by atoms with Crippen LogP contribution in [0.15, 0.2) is 42.5 Å². The number of nitrogens with one attached hydrogen (secondary N) is 1. The molecule has 27 heavy (non-hydrogen) atoms. The predicted octanol–water partition coefficient (Wildman–Crippen LogP) is 2.26. The van der Waals surface area contributed by atoms with E-state index in [0.29, 0.717) is 18.7 Å². The van der Waals surface area contributed by atoms with Gasteiger partial charge in [-0.2, -0.15) is 0 Å². The first kappa shape index (κ1) is 17.5. The van der Waals surface area contributed by atoms with Crippen molar-refractivity contribution in [2.24, 2.45) is 5.73 Å². The molecule has 2 aromatic carbocycles. The third-order valence-corrected chi connectivity index (χ3v) is 5.27. The number of rotatable bonds is 5. The molecular formula is C21H23N3O3. The van der Waals surface area contributed by atoms with Crippen LogP contribution in [0.2, 0.25) is 0 Å². The summed E-state index contributed by atoms with van der Waals surface area (Å²) >= 11 is 0. The minimum atomic E-state index is -0.721. The second-order valence-electron chi connectivity index (χ2n) is 7.28. The highest BCUT2D eigenvalue weighted by molar-refractivity contribution is 6.02. The van der Waals surface area contributed by atoms with E-state index in [4.69, 9.17) is 10.5 Å². The van der Waals surface area contributed by atoms with E-state index >= 15 is 0 Å². The summed E-state index contributed by atoms with van der Waals surface area (Å²) in [6, 6.07) is 13.3. The quantitative estimate of drug-likeness (QED) is 0.851. The number of anilines is 2. The van der Waals surface area contributed by atoms with Gasteiger partial charge >= 0.3 is 0 Å². The number of amides is 2. The molecule has 140 valence electrons. The highest BCUT2D eigenvalue weighted by atomic mass is 16.5. The van der Waals surface area contributed by atoms with Gasteiger partial charge in [0.2, 0.25) is 11.8 Å². The summed E-state index contributed by atoms with van der Waals surface area (Å²) in [7, 11) is 1.61. The van der Waals surface area contributed by atoms with E-state index in [9.17, 15) is 9.59 Å². The second-order valence-corrected chi connectivity index (χ2v) is 7.28. The van der Waals surface area contributed by atoms with Crippen molar-refractivity contribution in [3.05, 3.63) is 53.6 Å². The van der Waals surface area contributed by atoms with E-state index in [1.165, 1.54) is 0 Å². The first-order chi connectivity index (χ1) is 13.0. The van der Waals surface area contributed by atoms with Gasteiger partial charge in [-0.05, 0) is 54.7 Å². The summed E-state index contributed by atoms with van der Waals surface area (Å²) in [5.74, 6) is 0.612. The molecule has 0 radical (unpaired) electrons. The highest BCUT2D eigenvalue weighted by Crippen LogP contribution is 2.35. The summed E-state index contributed by atoms with van der Waals surface area (Å²) in [5, 5.41) is 2.88. The fraction of sp³-hybridized carbons (Fsp3) is 0.333. The molecule has 2 aliphatic rings. The summed E-state index contributed by atoms with van der Waals surface area (Å²) in [6.45, 7) is 0.649. The molecule has 4 rings (SSSR count). The molecular weight excluding hydrogens is 342 g/mol. The van der Waals surface area contributed by atoms with E-state index in [-0.39, 0.29) is 11.8 Å². The summed E-state index contributed by atoms with van der Waals surface area (Å²) in [6.07, 6.45) is 2.55. The van der Waals surface area contributed by atoms with Gasteiger partial charge in [0, 0.05) is 17.9 Å². The maximum atomic E-state index is 12.9. The highest BCUT2D eigenvalue weighted by Gasteiger charge is 2.46.